The molecule has 3 rings (SSSR count). The average Bonchev–Trinajstić information content (AvgIpc) is 2.75. The Hall–Kier alpha value is -2.43. The third kappa shape index (κ3) is 6.28. The van der Waals surface area contributed by atoms with E-state index >= 15 is 0 Å². The van der Waals surface area contributed by atoms with E-state index in [4.69, 9.17) is 0 Å². The van der Waals surface area contributed by atoms with Gasteiger partial charge in [0.15, 0.2) is 0 Å². The van der Waals surface area contributed by atoms with E-state index in [1.165, 1.54) is 27.8 Å². The predicted octanol–water partition coefficient (Wildman–Crippen LogP) is 8.34. The molecule has 2 aromatic rings. The molecule has 0 bridgehead atoms. The second kappa shape index (κ2) is 11.7. The molecule has 154 valence electrons. The van der Waals surface area contributed by atoms with Crippen LogP contribution >= 0.6 is 11.8 Å². The lowest BCUT2D eigenvalue weighted by molar-refractivity contribution is 0.663. The van der Waals surface area contributed by atoms with Gasteiger partial charge in [0.25, 0.3) is 0 Å². The molecular formula is C29H32S. The van der Waals surface area contributed by atoms with Gasteiger partial charge in [-0.1, -0.05) is 110 Å². The van der Waals surface area contributed by atoms with Crippen molar-refractivity contribution in [3.63, 3.8) is 0 Å². The van der Waals surface area contributed by atoms with Gasteiger partial charge in [0.2, 0.25) is 0 Å². The first kappa shape index (κ1) is 22.3. The van der Waals surface area contributed by atoms with Gasteiger partial charge < -0.3 is 0 Å². The third-order valence-corrected chi connectivity index (χ3v) is 6.30. The molecule has 0 spiro atoms. The third-order valence-electron chi connectivity index (χ3n) is 5.35. The lowest BCUT2D eigenvalue weighted by atomic mass is 9.83. The van der Waals surface area contributed by atoms with Gasteiger partial charge in [-0.3, -0.25) is 0 Å². The van der Waals surface area contributed by atoms with Crippen LogP contribution in [0.1, 0.15) is 56.7 Å². The van der Waals surface area contributed by atoms with Crippen LogP contribution in [0.2, 0.25) is 0 Å². The van der Waals surface area contributed by atoms with Gasteiger partial charge in [0.05, 0.1) is 0 Å². The van der Waals surface area contributed by atoms with Crippen molar-refractivity contribution in [3.8, 4) is 11.2 Å². The fraction of sp³-hybridized carbons (Fsp3) is 0.310. The Kier molecular flexibility index (Phi) is 8.66. The molecule has 0 nitrogen and oxygen atoms in total. The van der Waals surface area contributed by atoms with Crippen molar-refractivity contribution in [1.82, 2.24) is 0 Å². The minimum absolute atomic E-state index is 0.467. The van der Waals surface area contributed by atoms with E-state index in [2.05, 4.69) is 104 Å². The summed E-state index contributed by atoms with van der Waals surface area (Å²) in [4.78, 5) is 0. The highest BCUT2D eigenvalue weighted by atomic mass is 32.2. The first-order valence-electron chi connectivity index (χ1n) is 10.9. The fourth-order valence-corrected chi connectivity index (χ4v) is 4.51. The van der Waals surface area contributed by atoms with Crippen LogP contribution in [0.5, 0.6) is 0 Å². The largest absolute Gasteiger partial charge is 0.0947 e. The highest BCUT2D eigenvalue weighted by Crippen LogP contribution is 2.38. The molecule has 1 aliphatic rings. The molecule has 0 fully saturated rings. The fourth-order valence-electron chi connectivity index (χ4n) is 3.84. The van der Waals surface area contributed by atoms with Crippen LogP contribution < -0.4 is 0 Å². The van der Waals surface area contributed by atoms with E-state index in [0.29, 0.717) is 11.8 Å². The van der Waals surface area contributed by atoms with Gasteiger partial charge in [-0.2, -0.15) is 0 Å². The predicted molar refractivity (Wildman–Crippen MR) is 136 cm³/mol. The van der Waals surface area contributed by atoms with Crippen LogP contribution in [0.3, 0.4) is 0 Å². The van der Waals surface area contributed by atoms with Crippen molar-refractivity contribution in [2.45, 2.75) is 40.0 Å². The zero-order valence-corrected chi connectivity index (χ0v) is 19.2. The van der Waals surface area contributed by atoms with Crippen molar-refractivity contribution >= 4 is 29.0 Å². The summed E-state index contributed by atoms with van der Waals surface area (Å²) in [5.41, 5.74) is 6.94. The number of hydrogen-bond acceptors (Lipinski definition) is 1. The molecule has 0 saturated carbocycles. The van der Waals surface area contributed by atoms with Crippen molar-refractivity contribution in [2.24, 2.45) is 11.8 Å². The smallest absolute Gasteiger partial charge is 0.0123 e. The summed E-state index contributed by atoms with van der Waals surface area (Å²) in [5.74, 6) is 5.19. The average molecular weight is 413 g/mol. The van der Waals surface area contributed by atoms with Crippen molar-refractivity contribution in [2.75, 3.05) is 5.75 Å². The standard InChI is InChI=1S/C29H32S/c1-4-20-30-22-24-18-19-26-15-9-11-16-27(26)28(17-10-8-12-23(2)3)29(21-24)25-13-6-5-7-14-25/h5-11,13-16,18-19,23-24H,12,17,21-22H2,1-3H3/b10-8-,19-18+,29-28+. The van der Waals surface area contributed by atoms with E-state index in [9.17, 15) is 0 Å². The molecule has 1 unspecified atom stereocenters. The number of thioether (sulfide) groups is 1. The van der Waals surface area contributed by atoms with E-state index in [1.54, 1.807) is 11.8 Å². The topological polar surface area (TPSA) is 0 Å². The lowest BCUT2D eigenvalue weighted by Crippen LogP contribution is -2.06. The van der Waals surface area contributed by atoms with Gasteiger partial charge in [-0.25, -0.2) is 0 Å². The van der Waals surface area contributed by atoms with Crippen molar-refractivity contribution < 1.29 is 0 Å². The molecule has 0 heterocycles. The summed E-state index contributed by atoms with van der Waals surface area (Å²) in [5, 5.41) is 3.17. The minimum atomic E-state index is 0.467. The zero-order chi connectivity index (χ0) is 21.2. The molecule has 0 aromatic heterocycles. The van der Waals surface area contributed by atoms with Crippen molar-refractivity contribution in [3.05, 3.63) is 89.5 Å². The Morgan fingerprint density at radius 3 is 2.57 bits per heavy atom. The van der Waals surface area contributed by atoms with E-state index in [-0.39, 0.29) is 0 Å². The van der Waals surface area contributed by atoms with Crippen LogP contribution in [-0.4, -0.2) is 5.75 Å². The number of rotatable bonds is 7. The van der Waals surface area contributed by atoms with Crippen LogP contribution in [0, 0.1) is 23.0 Å². The van der Waals surface area contributed by atoms with E-state index < -0.39 is 0 Å². The van der Waals surface area contributed by atoms with E-state index in [0.717, 1.165) is 25.0 Å². The number of benzene rings is 2. The van der Waals surface area contributed by atoms with Crippen LogP contribution in [0.25, 0.3) is 17.2 Å². The van der Waals surface area contributed by atoms with Crippen LogP contribution in [0.15, 0.2) is 72.8 Å². The molecule has 0 amide bonds. The Bertz CT molecular complexity index is 964. The van der Waals surface area contributed by atoms with Gasteiger partial charge in [0, 0.05) is 5.75 Å². The Labute approximate surface area is 187 Å². The van der Waals surface area contributed by atoms with Crippen LogP contribution in [0.4, 0.5) is 0 Å². The molecule has 0 N–H and O–H groups in total. The molecule has 1 atom stereocenters. The monoisotopic (exact) mass is 412 g/mol. The SMILES string of the molecule is CC#CSCC1/C=C/c2ccccc2/C(C/C=C\CC(C)C)=C(/c2ccccc2)C1. The highest BCUT2D eigenvalue weighted by Gasteiger charge is 2.19. The molecular weight excluding hydrogens is 380 g/mol. The van der Waals surface area contributed by atoms with E-state index in [1.807, 2.05) is 6.92 Å². The van der Waals surface area contributed by atoms with Crippen LogP contribution in [-0.2, 0) is 0 Å². The zero-order valence-electron chi connectivity index (χ0n) is 18.4. The molecule has 0 radical (unpaired) electrons. The maximum absolute atomic E-state index is 3.17. The van der Waals surface area contributed by atoms with Gasteiger partial charge in [0.1, 0.15) is 0 Å². The summed E-state index contributed by atoms with van der Waals surface area (Å²) in [6, 6.07) is 19.8. The quantitative estimate of drug-likeness (QED) is 0.325. The number of allylic oxidation sites excluding steroid dienone is 5. The minimum Gasteiger partial charge on any atom is -0.0947 e. The molecule has 1 aliphatic carbocycles. The summed E-state index contributed by atoms with van der Waals surface area (Å²) >= 11 is 1.73. The van der Waals surface area contributed by atoms with Crippen molar-refractivity contribution in [1.29, 1.82) is 0 Å². The highest BCUT2D eigenvalue weighted by molar-refractivity contribution is 8.03. The summed E-state index contributed by atoms with van der Waals surface area (Å²) < 4.78 is 0. The normalized spacial score (nSPS) is 19.7. The summed E-state index contributed by atoms with van der Waals surface area (Å²) in [6.45, 7) is 6.46. The number of fused-ring (bicyclic) bond motifs is 1. The molecule has 30 heavy (non-hydrogen) atoms. The maximum atomic E-state index is 3.17. The molecule has 0 saturated heterocycles. The first-order chi connectivity index (χ1) is 14.7. The summed E-state index contributed by atoms with van der Waals surface area (Å²) in [6.07, 6.45) is 12.6. The lowest BCUT2D eigenvalue weighted by Gasteiger charge is -2.23. The molecule has 1 heteroatoms. The Morgan fingerprint density at radius 2 is 1.80 bits per heavy atom. The molecule has 2 aromatic carbocycles. The maximum Gasteiger partial charge on any atom is 0.0123 e. The second-order valence-corrected chi connectivity index (χ2v) is 9.03. The Morgan fingerprint density at radius 1 is 1.03 bits per heavy atom. The molecule has 0 aliphatic heterocycles. The first-order valence-corrected chi connectivity index (χ1v) is 11.9. The van der Waals surface area contributed by atoms with Gasteiger partial charge in [-0.05, 0) is 71.1 Å². The Balaban J connectivity index is 2.08. The van der Waals surface area contributed by atoms with Gasteiger partial charge >= 0.3 is 0 Å². The summed E-state index contributed by atoms with van der Waals surface area (Å²) in [7, 11) is 0. The van der Waals surface area contributed by atoms with Gasteiger partial charge in [-0.15, -0.1) is 0 Å². The number of hydrogen-bond donors (Lipinski definition) is 0. The second-order valence-electron chi connectivity index (χ2n) is 8.20.